The van der Waals surface area contributed by atoms with Gasteiger partial charge in [0.2, 0.25) is 0 Å². The number of imidazole rings is 1. The van der Waals surface area contributed by atoms with Crippen LogP contribution in [-0.2, 0) is 23.0 Å². The first kappa shape index (κ1) is 12.1. The molecule has 0 radical (unpaired) electrons. The lowest BCUT2D eigenvalue weighted by Gasteiger charge is -2.23. The van der Waals surface area contributed by atoms with E-state index in [1.165, 1.54) is 6.20 Å². The fourth-order valence-electron chi connectivity index (χ4n) is 2.68. The van der Waals surface area contributed by atoms with Crippen molar-refractivity contribution in [3.05, 3.63) is 12.0 Å². The molecule has 0 aliphatic carbocycles. The quantitative estimate of drug-likeness (QED) is 0.801. The van der Waals surface area contributed by atoms with Gasteiger partial charge in [-0.25, -0.2) is 18.1 Å². The molecule has 6 nitrogen and oxygen atoms in total. The molecule has 2 aliphatic heterocycles. The minimum atomic E-state index is -3.43. The van der Waals surface area contributed by atoms with Crippen molar-refractivity contribution in [2.45, 2.75) is 43.3 Å². The Kier molecular flexibility index (Phi) is 3.13. The molecule has 0 spiro atoms. The Morgan fingerprint density at radius 3 is 3.11 bits per heavy atom. The normalized spacial score (nSPS) is 24.1. The van der Waals surface area contributed by atoms with Gasteiger partial charge in [0.05, 0.1) is 6.20 Å². The standard InChI is InChI=1S/C11H18N4O2S/c16-18(17,14-9-3-1-5-12-7-9)11-8-13-10-4-2-6-15(10)11/h8-9,12,14H,1-7H2/t9-/m0/s1. The predicted molar refractivity (Wildman–Crippen MR) is 66.8 cm³/mol. The highest BCUT2D eigenvalue weighted by Gasteiger charge is 2.27. The second kappa shape index (κ2) is 4.64. The molecule has 7 heteroatoms. The van der Waals surface area contributed by atoms with Crippen molar-refractivity contribution < 1.29 is 8.42 Å². The summed E-state index contributed by atoms with van der Waals surface area (Å²) in [5, 5.41) is 3.53. The average Bonchev–Trinajstić information content (AvgIpc) is 2.90. The van der Waals surface area contributed by atoms with Gasteiger partial charge in [-0.3, -0.25) is 0 Å². The Balaban J connectivity index is 1.81. The lowest BCUT2D eigenvalue weighted by Crippen LogP contribution is -2.45. The van der Waals surface area contributed by atoms with Gasteiger partial charge < -0.3 is 9.88 Å². The van der Waals surface area contributed by atoms with Crippen molar-refractivity contribution in [1.29, 1.82) is 0 Å². The Morgan fingerprint density at radius 2 is 2.33 bits per heavy atom. The third-order valence-electron chi connectivity index (χ3n) is 3.58. The molecule has 0 amide bonds. The minimum Gasteiger partial charge on any atom is -0.318 e. The molecule has 2 N–H and O–H groups in total. The molecule has 1 atom stereocenters. The molecule has 18 heavy (non-hydrogen) atoms. The maximum atomic E-state index is 12.3. The molecule has 0 bridgehead atoms. The monoisotopic (exact) mass is 270 g/mol. The highest BCUT2D eigenvalue weighted by atomic mass is 32.2. The SMILES string of the molecule is O=S(=O)(N[C@H]1CCCNC1)c1cnc2n1CCC2. The number of nitrogens with one attached hydrogen (secondary N) is 2. The van der Waals surface area contributed by atoms with Crippen LogP contribution in [0, 0.1) is 0 Å². The van der Waals surface area contributed by atoms with E-state index in [9.17, 15) is 8.42 Å². The topological polar surface area (TPSA) is 76.0 Å². The van der Waals surface area contributed by atoms with Gasteiger partial charge in [0.1, 0.15) is 5.82 Å². The Bertz CT molecular complexity index is 531. The summed E-state index contributed by atoms with van der Waals surface area (Å²) in [6, 6.07) is -0.00342. The molecule has 0 aromatic carbocycles. The van der Waals surface area contributed by atoms with Crippen molar-refractivity contribution in [1.82, 2.24) is 19.6 Å². The molecule has 1 saturated heterocycles. The van der Waals surface area contributed by atoms with E-state index in [4.69, 9.17) is 0 Å². The minimum absolute atomic E-state index is 0.00342. The Hall–Kier alpha value is -0.920. The van der Waals surface area contributed by atoms with E-state index in [0.717, 1.165) is 44.6 Å². The van der Waals surface area contributed by atoms with E-state index < -0.39 is 10.0 Å². The summed E-state index contributed by atoms with van der Waals surface area (Å²) in [5.41, 5.74) is 0. The number of rotatable bonds is 3. The molecule has 3 rings (SSSR count). The van der Waals surface area contributed by atoms with Gasteiger partial charge >= 0.3 is 0 Å². The van der Waals surface area contributed by atoms with Crippen LogP contribution in [0.25, 0.3) is 0 Å². The first-order valence-corrected chi connectivity index (χ1v) is 7.92. The number of piperidine rings is 1. The lowest BCUT2D eigenvalue weighted by molar-refractivity contribution is 0.427. The second-order valence-electron chi connectivity index (χ2n) is 4.93. The molecule has 1 fully saturated rings. The van der Waals surface area contributed by atoms with Gasteiger partial charge in [-0.1, -0.05) is 0 Å². The molecule has 100 valence electrons. The van der Waals surface area contributed by atoms with Crippen LogP contribution in [0.2, 0.25) is 0 Å². The Labute approximate surface area is 107 Å². The van der Waals surface area contributed by atoms with E-state index in [1.807, 2.05) is 4.57 Å². The van der Waals surface area contributed by atoms with Crippen LogP contribution in [0.15, 0.2) is 11.2 Å². The van der Waals surface area contributed by atoms with Gasteiger partial charge in [0, 0.05) is 25.6 Å². The number of nitrogens with zero attached hydrogens (tertiary/aromatic N) is 2. The molecule has 3 heterocycles. The van der Waals surface area contributed by atoms with Crippen molar-refractivity contribution in [2.24, 2.45) is 0 Å². The number of fused-ring (bicyclic) bond motifs is 1. The van der Waals surface area contributed by atoms with E-state index in [0.29, 0.717) is 11.6 Å². The van der Waals surface area contributed by atoms with Crippen LogP contribution >= 0.6 is 0 Å². The van der Waals surface area contributed by atoms with E-state index >= 15 is 0 Å². The summed E-state index contributed by atoms with van der Waals surface area (Å²) in [6.45, 7) is 2.44. The van der Waals surface area contributed by atoms with Gasteiger partial charge in [0.15, 0.2) is 5.03 Å². The maximum Gasteiger partial charge on any atom is 0.258 e. The number of sulfonamides is 1. The molecule has 0 saturated carbocycles. The van der Waals surface area contributed by atoms with Crippen molar-refractivity contribution >= 4 is 10.0 Å². The van der Waals surface area contributed by atoms with Gasteiger partial charge in [-0.15, -0.1) is 0 Å². The highest BCUT2D eigenvalue weighted by Crippen LogP contribution is 2.20. The van der Waals surface area contributed by atoms with Crippen LogP contribution in [-0.4, -0.2) is 37.1 Å². The van der Waals surface area contributed by atoms with Crippen molar-refractivity contribution in [2.75, 3.05) is 13.1 Å². The lowest BCUT2D eigenvalue weighted by atomic mass is 10.1. The van der Waals surface area contributed by atoms with Crippen LogP contribution in [0.1, 0.15) is 25.1 Å². The zero-order valence-corrected chi connectivity index (χ0v) is 11.0. The third-order valence-corrected chi connectivity index (χ3v) is 5.10. The predicted octanol–water partition coefficient (Wildman–Crippen LogP) is -0.140. The summed E-state index contributed by atoms with van der Waals surface area (Å²) >= 11 is 0. The molecule has 0 unspecified atom stereocenters. The summed E-state index contributed by atoms with van der Waals surface area (Å²) in [5.74, 6) is 0.886. The van der Waals surface area contributed by atoms with Crippen LogP contribution < -0.4 is 10.0 Å². The number of aromatic nitrogens is 2. The first-order chi connectivity index (χ1) is 8.67. The van der Waals surface area contributed by atoms with Gasteiger partial charge in [0.25, 0.3) is 10.0 Å². The van der Waals surface area contributed by atoms with Crippen LogP contribution in [0.3, 0.4) is 0 Å². The van der Waals surface area contributed by atoms with Crippen LogP contribution in [0.5, 0.6) is 0 Å². The fraction of sp³-hybridized carbons (Fsp3) is 0.727. The molecule has 2 aliphatic rings. The summed E-state index contributed by atoms with van der Waals surface area (Å²) in [7, 11) is -3.43. The molecular formula is C11H18N4O2S. The zero-order valence-electron chi connectivity index (χ0n) is 10.2. The summed E-state index contributed by atoms with van der Waals surface area (Å²) in [6.07, 6.45) is 5.25. The molecule has 1 aromatic rings. The van der Waals surface area contributed by atoms with E-state index in [1.54, 1.807) is 0 Å². The maximum absolute atomic E-state index is 12.3. The first-order valence-electron chi connectivity index (χ1n) is 6.44. The van der Waals surface area contributed by atoms with Crippen LogP contribution in [0.4, 0.5) is 0 Å². The Morgan fingerprint density at radius 1 is 1.44 bits per heavy atom. The number of hydrogen-bond donors (Lipinski definition) is 2. The smallest absolute Gasteiger partial charge is 0.258 e. The summed E-state index contributed by atoms with van der Waals surface area (Å²) in [4.78, 5) is 4.18. The molecule has 1 aromatic heterocycles. The fourth-order valence-corrected chi connectivity index (χ4v) is 4.12. The zero-order chi connectivity index (χ0) is 12.6. The number of hydrogen-bond acceptors (Lipinski definition) is 4. The van der Waals surface area contributed by atoms with Gasteiger partial charge in [-0.2, -0.15) is 0 Å². The third kappa shape index (κ3) is 2.17. The largest absolute Gasteiger partial charge is 0.318 e. The van der Waals surface area contributed by atoms with Gasteiger partial charge in [-0.05, 0) is 25.8 Å². The molecular weight excluding hydrogens is 252 g/mol. The van der Waals surface area contributed by atoms with E-state index in [2.05, 4.69) is 15.0 Å². The van der Waals surface area contributed by atoms with E-state index in [-0.39, 0.29) is 6.04 Å². The van der Waals surface area contributed by atoms with Crippen molar-refractivity contribution in [3.8, 4) is 0 Å². The summed E-state index contributed by atoms with van der Waals surface area (Å²) < 4.78 is 29.2. The highest BCUT2D eigenvalue weighted by molar-refractivity contribution is 7.89. The number of aryl methyl sites for hydroxylation is 1. The second-order valence-corrected chi connectivity index (χ2v) is 6.59. The average molecular weight is 270 g/mol. The van der Waals surface area contributed by atoms with Crippen molar-refractivity contribution in [3.63, 3.8) is 0 Å².